The van der Waals surface area contributed by atoms with E-state index in [1.165, 1.54) is 18.3 Å². The lowest BCUT2D eigenvalue weighted by molar-refractivity contribution is -0.148. The molecule has 0 amide bonds. The summed E-state index contributed by atoms with van der Waals surface area (Å²) in [5.41, 5.74) is -0.924. The monoisotopic (exact) mass is 300 g/mol. The first-order valence-corrected chi connectivity index (χ1v) is 8.28. The Morgan fingerprint density at radius 1 is 1.40 bits per heavy atom. The van der Waals surface area contributed by atoms with Gasteiger partial charge in [-0.05, 0) is 25.0 Å². The normalized spacial score (nSPS) is 12.2. The number of aliphatic carboxylic acids is 1. The van der Waals surface area contributed by atoms with E-state index in [0.717, 1.165) is 6.26 Å². The number of nitrogens with zero attached hydrogens (tertiary/aromatic N) is 1. The fourth-order valence-corrected chi connectivity index (χ4v) is 2.76. The van der Waals surface area contributed by atoms with Gasteiger partial charge in [-0.15, -0.1) is 0 Å². The summed E-state index contributed by atoms with van der Waals surface area (Å²) in [5, 5.41) is 12.2. The molecule has 0 saturated heterocycles. The molecule has 1 rings (SSSR count). The van der Waals surface area contributed by atoms with Gasteiger partial charge < -0.3 is 10.4 Å². The van der Waals surface area contributed by atoms with Crippen molar-refractivity contribution in [1.29, 1.82) is 0 Å². The van der Waals surface area contributed by atoms with Crippen molar-refractivity contribution in [2.24, 2.45) is 5.41 Å². The van der Waals surface area contributed by atoms with Crippen LogP contribution < -0.4 is 5.32 Å². The Kier molecular flexibility index (Phi) is 5.10. The second kappa shape index (κ2) is 6.21. The number of aromatic nitrogens is 1. The van der Waals surface area contributed by atoms with Crippen molar-refractivity contribution in [3.8, 4) is 0 Å². The molecular weight excluding hydrogens is 280 g/mol. The van der Waals surface area contributed by atoms with E-state index in [4.69, 9.17) is 0 Å². The minimum absolute atomic E-state index is 0.0755. The van der Waals surface area contributed by atoms with Crippen molar-refractivity contribution < 1.29 is 18.3 Å². The zero-order chi connectivity index (χ0) is 15.4. The predicted molar refractivity (Wildman–Crippen MR) is 76.5 cm³/mol. The molecule has 0 aliphatic heterocycles. The van der Waals surface area contributed by atoms with E-state index in [0.29, 0.717) is 12.8 Å². The van der Waals surface area contributed by atoms with Crippen LogP contribution in [0.15, 0.2) is 23.2 Å². The quantitative estimate of drug-likeness (QED) is 0.797. The largest absolute Gasteiger partial charge is 0.481 e. The van der Waals surface area contributed by atoms with Crippen LogP contribution in [0, 0.1) is 5.41 Å². The number of hydrogen-bond donors (Lipinski definition) is 2. The highest BCUT2D eigenvalue weighted by molar-refractivity contribution is 7.90. The first-order valence-electron chi connectivity index (χ1n) is 6.39. The Labute approximate surface area is 119 Å². The number of rotatable bonds is 7. The Balaban J connectivity index is 3.04. The SMILES string of the molecule is CCC(CC)(CNc1ncccc1S(C)(=O)=O)C(=O)O. The van der Waals surface area contributed by atoms with Crippen molar-refractivity contribution in [3.05, 3.63) is 18.3 Å². The van der Waals surface area contributed by atoms with Crippen LogP contribution in [-0.4, -0.2) is 37.3 Å². The van der Waals surface area contributed by atoms with Gasteiger partial charge in [-0.2, -0.15) is 0 Å². The minimum atomic E-state index is -3.41. The molecule has 0 aliphatic rings. The maximum atomic E-state index is 11.7. The molecule has 6 nitrogen and oxygen atoms in total. The van der Waals surface area contributed by atoms with Crippen LogP contribution in [0.3, 0.4) is 0 Å². The number of pyridine rings is 1. The summed E-state index contributed by atoms with van der Waals surface area (Å²) in [6.07, 6.45) is 3.47. The topological polar surface area (TPSA) is 96.4 Å². The summed E-state index contributed by atoms with van der Waals surface area (Å²) < 4.78 is 23.3. The molecule has 112 valence electrons. The molecule has 2 N–H and O–H groups in total. The molecule has 20 heavy (non-hydrogen) atoms. The van der Waals surface area contributed by atoms with E-state index in [1.54, 1.807) is 13.8 Å². The third-order valence-electron chi connectivity index (χ3n) is 3.57. The zero-order valence-corrected chi connectivity index (χ0v) is 12.7. The minimum Gasteiger partial charge on any atom is -0.481 e. The maximum absolute atomic E-state index is 11.7. The van der Waals surface area contributed by atoms with Crippen molar-refractivity contribution in [2.75, 3.05) is 18.1 Å². The summed E-state index contributed by atoms with van der Waals surface area (Å²) in [6.45, 7) is 3.74. The molecule has 0 aliphatic carbocycles. The van der Waals surface area contributed by atoms with E-state index in [-0.39, 0.29) is 17.3 Å². The summed E-state index contributed by atoms with van der Waals surface area (Å²) in [7, 11) is -3.41. The molecule has 0 bridgehead atoms. The number of sulfone groups is 1. The van der Waals surface area contributed by atoms with Crippen LogP contribution in [0.2, 0.25) is 0 Å². The van der Waals surface area contributed by atoms with Crippen LogP contribution in [0.25, 0.3) is 0 Å². The van der Waals surface area contributed by atoms with Crippen molar-refractivity contribution in [1.82, 2.24) is 4.98 Å². The fourth-order valence-electron chi connectivity index (χ4n) is 1.95. The third kappa shape index (κ3) is 3.47. The van der Waals surface area contributed by atoms with Crippen LogP contribution in [0.4, 0.5) is 5.82 Å². The van der Waals surface area contributed by atoms with Crippen molar-refractivity contribution >= 4 is 21.6 Å². The highest BCUT2D eigenvalue weighted by atomic mass is 32.2. The van der Waals surface area contributed by atoms with Gasteiger partial charge in [-0.25, -0.2) is 13.4 Å². The summed E-state index contributed by atoms with van der Waals surface area (Å²) in [6, 6.07) is 2.98. The number of anilines is 1. The van der Waals surface area contributed by atoms with Gasteiger partial charge in [0.2, 0.25) is 0 Å². The summed E-state index contributed by atoms with van der Waals surface area (Å²) in [5.74, 6) is -0.700. The molecule has 0 atom stereocenters. The third-order valence-corrected chi connectivity index (χ3v) is 4.70. The first kappa shape index (κ1) is 16.4. The van der Waals surface area contributed by atoms with Crippen LogP contribution in [0.5, 0.6) is 0 Å². The Bertz CT molecular complexity index is 580. The van der Waals surface area contributed by atoms with Gasteiger partial charge >= 0.3 is 5.97 Å². The second-order valence-corrected chi connectivity index (χ2v) is 6.75. The number of carbonyl (C=O) groups is 1. The summed E-state index contributed by atoms with van der Waals surface area (Å²) in [4.78, 5) is 15.5. The van der Waals surface area contributed by atoms with E-state index < -0.39 is 21.2 Å². The van der Waals surface area contributed by atoms with Gasteiger partial charge in [0.05, 0.1) is 5.41 Å². The molecule has 0 fully saturated rings. The standard InChI is InChI=1S/C13H20N2O4S/c1-4-13(5-2,12(16)17)9-15-11-10(20(3,18)19)7-6-8-14-11/h6-8H,4-5,9H2,1-3H3,(H,14,15)(H,16,17). The van der Waals surface area contributed by atoms with Gasteiger partial charge in [0, 0.05) is 19.0 Å². The fraction of sp³-hybridized carbons (Fsp3) is 0.538. The molecule has 0 radical (unpaired) electrons. The van der Waals surface area contributed by atoms with E-state index in [2.05, 4.69) is 10.3 Å². The Morgan fingerprint density at radius 3 is 2.45 bits per heavy atom. The van der Waals surface area contributed by atoms with Gasteiger partial charge in [0.15, 0.2) is 9.84 Å². The molecule has 1 aromatic heterocycles. The number of nitrogens with one attached hydrogen (secondary N) is 1. The average Bonchev–Trinajstić information content (AvgIpc) is 2.39. The predicted octanol–water partition coefficient (Wildman–Crippen LogP) is 1.79. The van der Waals surface area contributed by atoms with E-state index >= 15 is 0 Å². The number of carboxylic acid groups (broad SMARTS) is 1. The van der Waals surface area contributed by atoms with E-state index in [9.17, 15) is 18.3 Å². The van der Waals surface area contributed by atoms with E-state index in [1.807, 2.05) is 0 Å². The smallest absolute Gasteiger partial charge is 0.311 e. The van der Waals surface area contributed by atoms with Gasteiger partial charge in [-0.1, -0.05) is 13.8 Å². The lowest BCUT2D eigenvalue weighted by Gasteiger charge is -2.27. The Morgan fingerprint density at radius 2 is 2.00 bits per heavy atom. The molecule has 0 aromatic carbocycles. The molecule has 7 heteroatoms. The zero-order valence-electron chi connectivity index (χ0n) is 11.9. The average molecular weight is 300 g/mol. The van der Waals surface area contributed by atoms with Crippen molar-refractivity contribution in [2.45, 2.75) is 31.6 Å². The van der Waals surface area contributed by atoms with Gasteiger partial charge in [0.25, 0.3) is 0 Å². The molecule has 1 aromatic rings. The summed E-state index contributed by atoms with van der Waals surface area (Å²) >= 11 is 0. The van der Waals surface area contributed by atoms with Gasteiger partial charge in [0.1, 0.15) is 10.7 Å². The molecule has 0 unspecified atom stereocenters. The van der Waals surface area contributed by atoms with Crippen LogP contribution in [-0.2, 0) is 14.6 Å². The van der Waals surface area contributed by atoms with Crippen LogP contribution >= 0.6 is 0 Å². The lowest BCUT2D eigenvalue weighted by Crippen LogP contribution is -2.37. The lowest BCUT2D eigenvalue weighted by atomic mass is 9.82. The number of hydrogen-bond acceptors (Lipinski definition) is 5. The first-order chi connectivity index (χ1) is 9.27. The van der Waals surface area contributed by atoms with Crippen LogP contribution in [0.1, 0.15) is 26.7 Å². The maximum Gasteiger partial charge on any atom is 0.311 e. The van der Waals surface area contributed by atoms with Gasteiger partial charge in [-0.3, -0.25) is 4.79 Å². The molecule has 1 heterocycles. The highest BCUT2D eigenvalue weighted by Gasteiger charge is 2.35. The second-order valence-electron chi connectivity index (χ2n) is 4.77. The Hall–Kier alpha value is -1.63. The van der Waals surface area contributed by atoms with Crippen molar-refractivity contribution in [3.63, 3.8) is 0 Å². The molecule has 0 saturated carbocycles. The highest BCUT2D eigenvalue weighted by Crippen LogP contribution is 2.28. The molecule has 0 spiro atoms. The molecular formula is C13H20N2O4S. The number of carboxylic acids is 1.